The molecule has 0 unspecified atom stereocenters. The van der Waals surface area contributed by atoms with Gasteiger partial charge in [0, 0.05) is 10.9 Å². The second-order valence-corrected chi connectivity index (χ2v) is 6.21. The third-order valence-corrected chi connectivity index (χ3v) is 3.94. The lowest BCUT2D eigenvalue weighted by atomic mass is 9.87. The van der Waals surface area contributed by atoms with Gasteiger partial charge >= 0.3 is 5.97 Å². The van der Waals surface area contributed by atoms with Crippen LogP contribution in [0.1, 0.15) is 36.8 Å². The van der Waals surface area contributed by atoms with E-state index in [0.717, 1.165) is 14.5 Å². The van der Waals surface area contributed by atoms with Crippen LogP contribution in [0.4, 0.5) is 0 Å². The summed E-state index contributed by atoms with van der Waals surface area (Å²) in [6, 6.07) is 6.08. The Hall–Kier alpha value is -1.04. The van der Waals surface area contributed by atoms with Crippen molar-refractivity contribution in [3.8, 4) is 0 Å². The van der Waals surface area contributed by atoms with Gasteiger partial charge in [0.1, 0.15) is 5.69 Å². The van der Waals surface area contributed by atoms with Crippen molar-refractivity contribution in [2.45, 2.75) is 26.2 Å². The van der Waals surface area contributed by atoms with Crippen molar-refractivity contribution >= 4 is 39.5 Å². The first kappa shape index (κ1) is 12.4. The molecule has 0 bridgehead atoms. The Morgan fingerprint density at radius 2 is 2.00 bits per heavy atom. The molecule has 0 saturated carbocycles. The standard InChI is InChI=1S/C13H14INO2/c1-13(2,3)7-4-5-8-9(6-7)15-11(10(8)14)12(16)17/h4-6,15H,1-3H3,(H,16,17). The molecule has 1 aromatic heterocycles. The predicted octanol–water partition coefficient (Wildman–Crippen LogP) is 3.77. The summed E-state index contributed by atoms with van der Waals surface area (Å²) in [5.74, 6) is -0.914. The molecule has 90 valence electrons. The lowest BCUT2D eigenvalue weighted by molar-refractivity contribution is 0.0690. The van der Waals surface area contributed by atoms with Gasteiger partial charge in [0.2, 0.25) is 0 Å². The molecule has 4 heteroatoms. The van der Waals surface area contributed by atoms with Gasteiger partial charge in [-0.25, -0.2) is 4.79 Å². The summed E-state index contributed by atoms with van der Waals surface area (Å²) in [7, 11) is 0. The molecular formula is C13H14INO2. The second kappa shape index (κ2) is 4.01. The number of hydrogen-bond acceptors (Lipinski definition) is 1. The van der Waals surface area contributed by atoms with Gasteiger partial charge in [0.25, 0.3) is 0 Å². The first-order valence-electron chi connectivity index (χ1n) is 5.35. The molecule has 3 nitrogen and oxygen atoms in total. The van der Waals surface area contributed by atoms with Crippen molar-refractivity contribution in [3.63, 3.8) is 0 Å². The fraction of sp³-hybridized carbons (Fsp3) is 0.308. The van der Waals surface area contributed by atoms with Gasteiger partial charge < -0.3 is 10.1 Å². The Labute approximate surface area is 113 Å². The van der Waals surface area contributed by atoms with Crippen molar-refractivity contribution in [2.24, 2.45) is 0 Å². The number of benzene rings is 1. The summed E-state index contributed by atoms with van der Waals surface area (Å²) in [4.78, 5) is 14.0. The number of aromatic carboxylic acids is 1. The van der Waals surface area contributed by atoms with Crippen LogP contribution >= 0.6 is 22.6 Å². The molecule has 2 N–H and O–H groups in total. The quantitative estimate of drug-likeness (QED) is 0.775. The molecule has 0 radical (unpaired) electrons. The zero-order chi connectivity index (χ0) is 12.8. The topological polar surface area (TPSA) is 53.1 Å². The van der Waals surface area contributed by atoms with Gasteiger partial charge in [0.05, 0.1) is 3.57 Å². The number of rotatable bonds is 1. The molecule has 0 spiro atoms. The molecular weight excluding hydrogens is 329 g/mol. The number of carboxylic acids is 1. The molecule has 2 aromatic rings. The zero-order valence-electron chi connectivity index (χ0n) is 9.97. The van der Waals surface area contributed by atoms with Crippen LogP contribution in [0, 0.1) is 3.57 Å². The Bertz CT molecular complexity index is 593. The van der Waals surface area contributed by atoms with Crippen LogP contribution < -0.4 is 0 Å². The number of carbonyl (C=O) groups is 1. The first-order chi connectivity index (χ1) is 7.80. The minimum atomic E-state index is -0.914. The third kappa shape index (κ3) is 2.18. The molecule has 0 atom stereocenters. The van der Waals surface area contributed by atoms with E-state index in [4.69, 9.17) is 5.11 Å². The van der Waals surface area contributed by atoms with Crippen LogP contribution in [0.25, 0.3) is 10.9 Å². The highest BCUT2D eigenvalue weighted by atomic mass is 127. The molecule has 0 saturated heterocycles. The number of carboxylic acid groups (broad SMARTS) is 1. The molecule has 17 heavy (non-hydrogen) atoms. The molecule has 0 aliphatic rings. The van der Waals surface area contributed by atoms with Gasteiger partial charge in [-0.05, 0) is 39.6 Å². The predicted molar refractivity (Wildman–Crippen MR) is 76.7 cm³/mol. The zero-order valence-corrected chi connectivity index (χ0v) is 12.1. The second-order valence-electron chi connectivity index (χ2n) is 5.13. The molecule has 0 amide bonds. The number of hydrogen-bond donors (Lipinski definition) is 2. The summed E-state index contributed by atoms with van der Waals surface area (Å²) in [6.07, 6.45) is 0. The summed E-state index contributed by atoms with van der Waals surface area (Å²) < 4.78 is 0.769. The average Bonchev–Trinajstić information content (AvgIpc) is 2.54. The molecule has 1 aromatic carbocycles. The normalized spacial score (nSPS) is 12.0. The van der Waals surface area contributed by atoms with E-state index < -0.39 is 5.97 Å². The minimum Gasteiger partial charge on any atom is -0.477 e. The van der Waals surface area contributed by atoms with Crippen molar-refractivity contribution in [2.75, 3.05) is 0 Å². The van der Waals surface area contributed by atoms with Crippen molar-refractivity contribution in [1.29, 1.82) is 0 Å². The monoisotopic (exact) mass is 343 g/mol. The Morgan fingerprint density at radius 3 is 2.53 bits per heavy atom. The van der Waals surface area contributed by atoms with E-state index in [1.807, 2.05) is 12.1 Å². The highest BCUT2D eigenvalue weighted by Gasteiger charge is 2.18. The van der Waals surface area contributed by atoms with Crippen molar-refractivity contribution < 1.29 is 9.90 Å². The number of halogens is 1. The Morgan fingerprint density at radius 1 is 1.35 bits per heavy atom. The smallest absolute Gasteiger partial charge is 0.353 e. The van der Waals surface area contributed by atoms with Crippen molar-refractivity contribution in [3.05, 3.63) is 33.0 Å². The van der Waals surface area contributed by atoms with E-state index in [-0.39, 0.29) is 11.1 Å². The Kier molecular flexibility index (Phi) is 2.93. The van der Waals surface area contributed by atoms with Crippen LogP contribution in [0.15, 0.2) is 18.2 Å². The average molecular weight is 343 g/mol. The van der Waals surface area contributed by atoms with Crippen LogP contribution in [-0.4, -0.2) is 16.1 Å². The van der Waals surface area contributed by atoms with Crippen LogP contribution in [0.2, 0.25) is 0 Å². The van der Waals surface area contributed by atoms with Gasteiger partial charge in [-0.1, -0.05) is 32.9 Å². The minimum absolute atomic E-state index is 0.0636. The van der Waals surface area contributed by atoms with E-state index in [1.165, 1.54) is 5.56 Å². The summed E-state index contributed by atoms with van der Waals surface area (Å²) in [5.41, 5.74) is 2.42. The van der Waals surface area contributed by atoms with Crippen LogP contribution in [0.5, 0.6) is 0 Å². The highest BCUT2D eigenvalue weighted by molar-refractivity contribution is 14.1. The SMILES string of the molecule is CC(C)(C)c1ccc2c(I)c(C(=O)O)[nH]c2c1. The summed E-state index contributed by atoms with van der Waals surface area (Å²) in [6.45, 7) is 6.42. The maximum absolute atomic E-state index is 11.0. The lowest BCUT2D eigenvalue weighted by Gasteiger charge is -2.18. The van der Waals surface area contributed by atoms with E-state index in [2.05, 4.69) is 54.4 Å². The molecule has 0 aliphatic carbocycles. The maximum Gasteiger partial charge on any atom is 0.353 e. The number of aromatic nitrogens is 1. The van der Waals surface area contributed by atoms with E-state index in [9.17, 15) is 4.79 Å². The summed E-state index contributed by atoms with van der Waals surface area (Å²) >= 11 is 2.07. The van der Waals surface area contributed by atoms with E-state index >= 15 is 0 Å². The van der Waals surface area contributed by atoms with E-state index in [1.54, 1.807) is 0 Å². The maximum atomic E-state index is 11.0. The lowest BCUT2D eigenvalue weighted by Crippen LogP contribution is -2.10. The van der Waals surface area contributed by atoms with Gasteiger partial charge in [-0.2, -0.15) is 0 Å². The van der Waals surface area contributed by atoms with E-state index in [0.29, 0.717) is 0 Å². The Balaban J connectivity index is 2.68. The van der Waals surface area contributed by atoms with Crippen LogP contribution in [0.3, 0.4) is 0 Å². The number of H-pyrrole nitrogens is 1. The number of fused-ring (bicyclic) bond motifs is 1. The summed E-state index contributed by atoms with van der Waals surface area (Å²) in [5, 5.41) is 10.0. The number of nitrogens with one attached hydrogen (secondary N) is 1. The molecule has 0 aliphatic heterocycles. The third-order valence-electron chi connectivity index (χ3n) is 2.82. The van der Waals surface area contributed by atoms with Gasteiger partial charge in [-0.15, -0.1) is 0 Å². The fourth-order valence-electron chi connectivity index (χ4n) is 1.78. The molecule has 1 heterocycles. The fourth-order valence-corrected chi connectivity index (χ4v) is 2.61. The van der Waals surface area contributed by atoms with Gasteiger partial charge in [0.15, 0.2) is 0 Å². The highest BCUT2D eigenvalue weighted by Crippen LogP contribution is 2.29. The largest absolute Gasteiger partial charge is 0.477 e. The first-order valence-corrected chi connectivity index (χ1v) is 6.43. The van der Waals surface area contributed by atoms with Gasteiger partial charge in [-0.3, -0.25) is 0 Å². The van der Waals surface area contributed by atoms with Crippen LogP contribution in [-0.2, 0) is 5.41 Å². The molecule has 0 fully saturated rings. The molecule has 2 rings (SSSR count). The van der Waals surface area contributed by atoms with Crippen molar-refractivity contribution in [1.82, 2.24) is 4.98 Å². The number of aromatic amines is 1.